The second kappa shape index (κ2) is 10.8. The van der Waals surface area contributed by atoms with Gasteiger partial charge in [-0.1, -0.05) is 12.2 Å². The average molecular weight is 184 g/mol. The van der Waals surface area contributed by atoms with Crippen molar-refractivity contribution in [2.75, 3.05) is 13.2 Å². The predicted octanol–water partition coefficient (Wildman–Crippen LogP) is -2.02. The molecule has 0 aromatic heterocycles. The molecular formula is C6H10NaO3P. The quantitative estimate of drug-likeness (QED) is 0.272. The van der Waals surface area contributed by atoms with Gasteiger partial charge in [0.2, 0.25) is 0 Å². The van der Waals surface area contributed by atoms with Gasteiger partial charge >= 0.3 is 29.6 Å². The number of hydrogen-bond donors (Lipinski definition) is 0. The van der Waals surface area contributed by atoms with Crippen LogP contribution in [0.4, 0.5) is 0 Å². The molecule has 3 nitrogen and oxygen atoms in total. The fourth-order valence-corrected chi connectivity index (χ4v) is 0.793. The molecular weight excluding hydrogens is 174 g/mol. The van der Waals surface area contributed by atoms with E-state index in [1.807, 2.05) is 0 Å². The van der Waals surface area contributed by atoms with Crippen LogP contribution in [-0.2, 0) is 9.05 Å². The van der Waals surface area contributed by atoms with Crippen molar-refractivity contribution in [1.82, 2.24) is 0 Å². The van der Waals surface area contributed by atoms with Crippen LogP contribution in [0.15, 0.2) is 25.3 Å². The van der Waals surface area contributed by atoms with Crippen LogP contribution in [0.3, 0.4) is 0 Å². The summed E-state index contributed by atoms with van der Waals surface area (Å²) in [4.78, 5) is 10.6. The van der Waals surface area contributed by atoms with Crippen LogP contribution in [0.25, 0.3) is 0 Å². The van der Waals surface area contributed by atoms with Crippen molar-refractivity contribution in [2.24, 2.45) is 0 Å². The third-order valence-corrected chi connectivity index (χ3v) is 1.32. The van der Waals surface area contributed by atoms with Crippen molar-refractivity contribution in [3.05, 3.63) is 25.3 Å². The zero-order chi connectivity index (χ0) is 7.82. The second-order valence-corrected chi connectivity index (χ2v) is 2.36. The second-order valence-electron chi connectivity index (χ2n) is 1.39. The van der Waals surface area contributed by atoms with Crippen molar-refractivity contribution in [3.63, 3.8) is 0 Å². The molecule has 0 unspecified atom stereocenters. The smallest absolute Gasteiger partial charge is 0.786 e. The largest absolute Gasteiger partial charge is 1.00 e. The van der Waals surface area contributed by atoms with Gasteiger partial charge in [-0.3, -0.25) is 0 Å². The maximum atomic E-state index is 10.6. The first kappa shape index (κ1) is 14.3. The first-order valence-corrected chi connectivity index (χ1v) is 3.85. The molecule has 0 aliphatic rings. The molecule has 0 atom stereocenters. The Bertz CT molecular complexity index is 98.0. The molecule has 0 aromatic carbocycles. The topological polar surface area (TPSA) is 41.5 Å². The summed E-state index contributed by atoms with van der Waals surface area (Å²) in [6.07, 6.45) is 3.01. The Labute approximate surface area is 90.4 Å². The van der Waals surface area contributed by atoms with Crippen LogP contribution in [-0.4, -0.2) is 13.2 Å². The molecule has 11 heavy (non-hydrogen) atoms. The van der Waals surface area contributed by atoms with Gasteiger partial charge in [-0.2, -0.15) is 0 Å². The fourth-order valence-electron chi connectivity index (χ4n) is 0.264. The van der Waals surface area contributed by atoms with Crippen molar-refractivity contribution in [1.29, 1.82) is 0 Å². The van der Waals surface area contributed by atoms with Gasteiger partial charge in [0.15, 0.2) is 0 Å². The Morgan fingerprint density at radius 2 is 1.55 bits per heavy atom. The van der Waals surface area contributed by atoms with E-state index in [9.17, 15) is 4.89 Å². The summed E-state index contributed by atoms with van der Waals surface area (Å²) in [7, 11) is -1.98. The van der Waals surface area contributed by atoms with Crippen LogP contribution in [0.1, 0.15) is 0 Å². The zero-order valence-corrected chi connectivity index (χ0v) is 9.55. The standard InChI is InChI=1S/C6H10O3P.Na/c1-3-5-8-10(7)9-6-4-2;/h3-4H,1-2,5-6H2;/q-1;+1. The Morgan fingerprint density at radius 3 is 1.82 bits per heavy atom. The summed E-state index contributed by atoms with van der Waals surface area (Å²) in [6.45, 7) is 7.25. The first-order valence-electron chi connectivity index (χ1n) is 2.76. The van der Waals surface area contributed by atoms with E-state index in [2.05, 4.69) is 22.2 Å². The van der Waals surface area contributed by atoms with Gasteiger partial charge in [0.25, 0.3) is 0 Å². The van der Waals surface area contributed by atoms with E-state index in [1.165, 1.54) is 12.2 Å². The fraction of sp³-hybridized carbons (Fsp3) is 0.333. The van der Waals surface area contributed by atoms with Gasteiger partial charge in [0.1, 0.15) is 0 Å². The Kier molecular flexibility index (Phi) is 14.0. The van der Waals surface area contributed by atoms with Crippen molar-refractivity contribution in [3.8, 4) is 0 Å². The Balaban J connectivity index is 0. The molecule has 0 amide bonds. The molecule has 5 heteroatoms. The van der Waals surface area contributed by atoms with Crippen LogP contribution >= 0.6 is 8.60 Å². The van der Waals surface area contributed by atoms with E-state index in [1.54, 1.807) is 0 Å². The number of rotatable bonds is 6. The van der Waals surface area contributed by atoms with Gasteiger partial charge < -0.3 is 13.9 Å². The van der Waals surface area contributed by atoms with Gasteiger partial charge in [-0.15, -0.1) is 13.2 Å². The van der Waals surface area contributed by atoms with Crippen molar-refractivity contribution < 1.29 is 43.5 Å². The molecule has 0 saturated carbocycles. The average Bonchev–Trinajstić information content (AvgIpc) is 1.97. The molecule has 0 spiro atoms. The van der Waals surface area contributed by atoms with Gasteiger partial charge in [0, 0.05) is 0 Å². The van der Waals surface area contributed by atoms with Crippen LogP contribution in [0.5, 0.6) is 0 Å². The molecule has 0 aromatic rings. The Morgan fingerprint density at radius 1 is 1.18 bits per heavy atom. The zero-order valence-electron chi connectivity index (χ0n) is 6.66. The summed E-state index contributed by atoms with van der Waals surface area (Å²) in [5, 5.41) is 0. The summed E-state index contributed by atoms with van der Waals surface area (Å²) in [5.41, 5.74) is 0. The van der Waals surface area contributed by atoms with Crippen LogP contribution in [0.2, 0.25) is 0 Å². The van der Waals surface area contributed by atoms with Crippen LogP contribution < -0.4 is 34.5 Å². The molecule has 0 fully saturated rings. The van der Waals surface area contributed by atoms with Gasteiger partial charge in [-0.25, -0.2) is 0 Å². The number of hydrogen-bond acceptors (Lipinski definition) is 3. The molecule has 0 heterocycles. The Hall–Kier alpha value is 0.790. The van der Waals surface area contributed by atoms with E-state index >= 15 is 0 Å². The third kappa shape index (κ3) is 10.8. The SMILES string of the molecule is C=CCOP([O-])OCC=C.[Na+]. The molecule has 0 N–H and O–H groups in total. The summed E-state index contributed by atoms with van der Waals surface area (Å²) in [6, 6.07) is 0. The maximum Gasteiger partial charge on any atom is 1.00 e. The van der Waals surface area contributed by atoms with Gasteiger partial charge in [-0.05, 0) is 0 Å². The van der Waals surface area contributed by atoms with Crippen molar-refractivity contribution >= 4 is 8.60 Å². The summed E-state index contributed by atoms with van der Waals surface area (Å²) in [5.74, 6) is 0. The monoisotopic (exact) mass is 184 g/mol. The minimum atomic E-state index is -1.98. The van der Waals surface area contributed by atoms with E-state index in [0.29, 0.717) is 0 Å². The van der Waals surface area contributed by atoms with E-state index < -0.39 is 8.60 Å². The van der Waals surface area contributed by atoms with Crippen LogP contribution in [0, 0.1) is 0 Å². The molecule has 0 radical (unpaired) electrons. The molecule has 58 valence electrons. The normalized spacial score (nSPS) is 8.91. The molecule has 0 bridgehead atoms. The maximum absolute atomic E-state index is 10.6. The predicted molar refractivity (Wildman–Crippen MR) is 39.2 cm³/mol. The molecule has 0 saturated heterocycles. The van der Waals surface area contributed by atoms with Crippen molar-refractivity contribution in [2.45, 2.75) is 0 Å². The van der Waals surface area contributed by atoms with E-state index in [-0.39, 0.29) is 42.8 Å². The summed E-state index contributed by atoms with van der Waals surface area (Å²) < 4.78 is 9.23. The van der Waals surface area contributed by atoms with E-state index in [0.717, 1.165) is 0 Å². The first-order chi connectivity index (χ1) is 4.81. The van der Waals surface area contributed by atoms with Gasteiger partial charge in [0.05, 0.1) is 21.8 Å². The third-order valence-electron chi connectivity index (χ3n) is 0.596. The molecule has 0 rings (SSSR count). The minimum absolute atomic E-state index is 0. The molecule has 0 aliphatic carbocycles. The van der Waals surface area contributed by atoms with E-state index in [4.69, 9.17) is 0 Å². The minimum Gasteiger partial charge on any atom is -0.786 e. The summed E-state index contributed by atoms with van der Waals surface area (Å²) >= 11 is 0. The molecule has 0 aliphatic heterocycles.